The molecule has 0 aliphatic rings. The fraction of sp³-hybridized carbons (Fsp3) is 0.261. The Morgan fingerprint density at radius 3 is 2.07 bits per heavy atom. The van der Waals surface area contributed by atoms with E-state index in [2.05, 4.69) is 41.1 Å². The first kappa shape index (κ1) is 19.5. The van der Waals surface area contributed by atoms with Crippen molar-refractivity contribution in [1.82, 2.24) is 10.2 Å². The molecule has 0 spiro atoms. The number of aromatic nitrogens is 2. The summed E-state index contributed by atoms with van der Waals surface area (Å²) < 4.78 is 0. The van der Waals surface area contributed by atoms with Gasteiger partial charge in [-0.15, -0.1) is 10.2 Å². The monoisotopic (exact) mass is 374 g/mol. The van der Waals surface area contributed by atoms with Crippen LogP contribution in [-0.2, 0) is 6.54 Å². The van der Waals surface area contributed by atoms with E-state index in [9.17, 15) is 4.79 Å². The van der Waals surface area contributed by atoms with Gasteiger partial charge in [-0.1, -0.05) is 48.5 Å². The highest BCUT2D eigenvalue weighted by molar-refractivity contribution is 6.04. The van der Waals surface area contributed by atoms with E-state index < -0.39 is 0 Å². The molecule has 1 aromatic heterocycles. The van der Waals surface area contributed by atoms with E-state index in [1.807, 2.05) is 61.5 Å². The Hall–Kier alpha value is -3.21. The largest absolute Gasteiger partial charge is 0.348 e. The Morgan fingerprint density at radius 2 is 1.54 bits per heavy atom. The summed E-state index contributed by atoms with van der Waals surface area (Å²) in [6.45, 7) is 7.51. The molecule has 0 N–H and O–H groups in total. The normalized spacial score (nSPS) is 10.7. The highest BCUT2D eigenvalue weighted by atomic mass is 16.2. The van der Waals surface area contributed by atoms with Crippen LogP contribution in [0, 0.1) is 0 Å². The first-order valence-corrected chi connectivity index (χ1v) is 9.61. The number of benzene rings is 2. The lowest BCUT2D eigenvalue weighted by Gasteiger charge is -2.27. The average Bonchev–Trinajstić information content (AvgIpc) is 2.74. The lowest BCUT2D eigenvalue weighted by Crippen LogP contribution is -2.33. The van der Waals surface area contributed by atoms with Gasteiger partial charge >= 0.3 is 0 Å². The lowest BCUT2D eigenvalue weighted by atomic mass is 10.2. The van der Waals surface area contributed by atoms with E-state index >= 15 is 0 Å². The van der Waals surface area contributed by atoms with Crippen LogP contribution in [0.2, 0.25) is 0 Å². The van der Waals surface area contributed by atoms with Gasteiger partial charge in [-0.3, -0.25) is 4.79 Å². The molecular weight excluding hydrogens is 348 g/mol. The van der Waals surface area contributed by atoms with E-state index in [1.54, 1.807) is 11.0 Å². The minimum absolute atomic E-state index is 0.146. The molecule has 0 bridgehead atoms. The molecule has 0 radical (unpaired) electrons. The fourth-order valence-corrected chi connectivity index (χ4v) is 3.09. The summed E-state index contributed by atoms with van der Waals surface area (Å²) in [5, 5.41) is 8.59. The van der Waals surface area contributed by atoms with Gasteiger partial charge in [-0.25, -0.2) is 0 Å². The predicted molar refractivity (Wildman–Crippen MR) is 114 cm³/mol. The summed E-state index contributed by atoms with van der Waals surface area (Å²) in [6, 6.07) is 23.8. The summed E-state index contributed by atoms with van der Waals surface area (Å²) in [5.74, 6) is 0.616. The van der Waals surface area contributed by atoms with Crippen molar-refractivity contribution in [3.63, 3.8) is 0 Å². The minimum Gasteiger partial charge on any atom is -0.348 e. The topological polar surface area (TPSA) is 49.3 Å². The van der Waals surface area contributed by atoms with Crippen LogP contribution >= 0.6 is 0 Å². The molecule has 1 heterocycles. The molecule has 3 aromatic rings. The summed E-state index contributed by atoms with van der Waals surface area (Å²) in [7, 11) is 0. The van der Waals surface area contributed by atoms with Gasteiger partial charge in [0.15, 0.2) is 11.5 Å². The van der Waals surface area contributed by atoms with Gasteiger partial charge in [0.2, 0.25) is 0 Å². The summed E-state index contributed by atoms with van der Waals surface area (Å²) >= 11 is 0. The highest BCUT2D eigenvalue weighted by Crippen LogP contribution is 2.19. The van der Waals surface area contributed by atoms with E-state index in [4.69, 9.17) is 0 Å². The number of hydrogen-bond donors (Lipinski definition) is 0. The van der Waals surface area contributed by atoms with Crippen LogP contribution in [-0.4, -0.2) is 28.7 Å². The molecule has 5 heteroatoms. The van der Waals surface area contributed by atoms with Crippen LogP contribution in [0.1, 0.15) is 36.8 Å². The Labute approximate surface area is 166 Å². The second kappa shape index (κ2) is 9.13. The third-order valence-electron chi connectivity index (χ3n) is 4.61. The SMILES string of the molecule is CCN(C(=O)c1ccc(N(Cc2ccccc2)C(C)C)nn1)c1ccccc1. The second-order valence-corrected chi connectivity index (χ2v) is 6.87. The zero-order valence-electron chi connectivity index (χ0n) is 16.6. The van der Waals surface area contributed by atoms with Gasteiger partial charge in [-0.2, -0.15) is 0 Å². The van der Waals surface area contributed by atoms with Crippen LogP contribution in [0.5, 0.6) is 0 Å². The molecule has 2 aromatic carbocycles. The Balaban J connectivity index is 1.80. The number of nitrogens with zero attached hydrogens (tertiary/aromatic N) is 4. The van der Waals surface area contributed by atoms with Gasteiger partial charge in [0.1, 0.15) is 0 Å². The number of para-hydroxylation sites is 1. The molecule has 0 saturated heterocycles. The smallest absolute Gasteiger partial charge is 0.278 e. The first-order valence-electron chi connectivity index (χ1n) is 9.61. The molecule has 0 aliphatic heterocycles. The standard InChI is InChI=1S/C23H26N4O/c1-4-26(20-13-9-6-10-14-20)23(28)21-15-16-22(25-24-21)27(18(2)3)17-19-11-7-5-8-12-19/h5-16,18H,4,17H2,1-3H3. The number of amides is 1. The highest BCUT2D eigenvalue weighted by Gasteiger charge is 2.19. The number of hydrogen-bond acceptors (Lipinski definition) is 4. The lowest BCUT2D eigenvalue weighted by molar-refractivity contribution is 0.0982. The number of carbonyl (C=O) groups is 1. The van der Waals surface area contributed by atoms with Crippen molar-refractivity contribution in [2.75, 3.05) is 16.3 Å². The maximum atomic E-state index is 12.9. The number of rotatable bonds is 7. The molecule has 3 rings (SSSR count). The summed E-state index contributed by atoms with van der Waals surface area (Å²) in [4.78, 5) is 16.8. The summed E-state index contributed by atoms with van der Waals surface area (Å²) in [5.41, 5.74) is 2.41. The van der Waals surface area contributed by atoms with E-state index in [1.165, 1.54) is 5.56 Å². The van der Waals surface area contributed by atoms with Gasteiger partial charge in [0.05, 0.1) is 0 Å². The van der Waals surface area contributed by atoms with Gasteiger partial charge in [0, 0.05) is 24.8 Å². The zero-order valence-corrected chi connectivity index (χ0v) is 16.6. The van der Waals surface area contributed by atoms with Crippen molar-refractivity contribution in [2.24, 2.45) is 0 Å². The van der Waals surface area contributed by atoms with Crippen LogP contribution in [0.3, 0.4) is 0 Å². The molecule has 5 nitrogen and oxygen atoms in total. The first-order chi connectivity index (χ1) is 13.6. The molecule has 0 saturated carbocycles. The molecule has 144 valence electrons. The van der Waals surface area contributed by atoms with Gasteiger partial charge in [-0.05, 0) is 50.6 Å². The van der Waals surface area contributed by atoms with Crippen molar-refractivity contribution in [2.45, 2.75) is 33.4 Å². The average molecular weight is 374 g/mol. The maximum absolute atomic E-state index is 12.9. The van der Waals surface area contributed by atoms with Crippen LogP contribution in [0.4, 0.5) is 11.5 Å². The van der Waals surface area contributed by atoms with Gasteiger partial charge in [0.25, 0.3) is 5.91 Å². The quantitative estimate of drug-likeness (QED) is 0.608. The molecule has 0 unspecified atom stereocenters. The summed E-state index contributed by atoms with van der Waals surface area (Å²) in [6.07, 6.45) is 0. The fourth-order valence-electron chi connectivity index (χ4n) is 3.09. The van der Waals surface area contributed by atoms with Crippen LogP contribution in [0.15, 0.2) is 72.8 Å². The Kier molecular flexibility index (Phi) is 6.37. The molecular formula is C23H26N4O. The predicted octanol–water partition coefficient (Wildman–Crippen LogP) is 4.56. The van der Waals surface area contributed by atoms with Crippen LogP contribution in [0.25, 0.3) is 0 Å². The Bertz CT molecular complexity index is 879. The second-order valence-electron chi connectivity index (χ2n) is 6.87. The third kappa shape index (κ3) is 4.55. The molecule has 0 atom stereocenters. The molecule has 0 aliphatic carbocycles. The maximum Gasteiger partial charge on any atom is 0.278 e. The van der Waals surface area contributed by atoms with E-state index in [0.717, 1.165) is 18.1 Å². The van der Waals surface area contributed by atoms with E-state index in [-0.39, 0.29) is 11.9 Å². The van der Waals surface area contributed by atoms with Crippen molar-refractivity contribution in [3.05, 3.63) is 84.1 Å². The molecule has 1 amide bonds. The van der Waals surface area contributed by atoms with Crippen LogP contribution < -0.4 is 9.80 Å². The molecule has 0 fully saturated rings. The third-order valence-corrected chi connectivity index (χ3v) is 4.61. The molecule has 28 heavy (non-hydrogen) atoms. The number of anilines is 2. The minimum atomic E-state index is -0.146. The van der Waals surface area contributed by atoms with Gasteiger partial charge < -0.3 is 9.80 Å². The van der Waals surface area contributed by atoms with Crippen molar-refractivity contribution in [3.8, 4) is 0 Å². The Morgan fingerprint density at radius 1 is 0.893 bits per heavy atom. The van der Waals surface area contributed by atoms with Crippen molar-refractivity contribution in [1.29, 1.82) is 0 Å². The zero-order chi connectivity index (χ0) is 19.9. The van der Waals surface area contributed by atoms with E-state index in [0.29, 0.717) is 12.2 Å². The number of carbonyl (C=O) groups excluding carboxylic acids is 1. The van der Waals surface area contributed by atoms with Crippen molar-refractivity contribution >= 4 is 17.4 Å². The van der Waals surface area contributed by atoms with Crippen molar-refractivity contribution < 1.29 is 4.79 Å².